The van der Waals surface area contributed by atoms with Crippen LogP contribution in [-0.2, 0) is 9.53 Å². The van der Waals surface area contributed by atoms with Gasteiger partial charge in [0.05, 0.1) is 6.61 Å². The molecule has 1 unspecified atom stereocenters. The van der Waals surface area contributed by atoms with Crippen molar-refractivity contribution < 1.29 is 19.5 Å². The van der Waals surface area contributed by atoms with E-state index in [9.17, 15) is 9.59 Å². The molecule has 7 heteroatoms. The van der Waals surface area contributed by atoms with Gasteiger partial charge in [0.15, 0.2) is 0 Å². The molecule has 164 valence electrons. The van der Waals surface area contributed by atoms with Gasteiger partial charge in [0.2, 0.25) is 5.91 Å². The highest BCUT2D eigenvalue weighted by Crippen LogP contribution is 2.29. The normalized spacial score (nSPS) is 11.8. The molecule has 0 fully saturated rings. The smallest absolute Gasteiger partial charge is 0.414 e. The quantitative estimate of drug-likeness (QED) is 0.317. The third-order valence-electron chi connectivity index (χ3n) is 5.39. The second-order valence-electron chi connectivity index (χ2n) is 7.42. The van der Waals surface area contributed by atoms with Crippen molar-refractivity contribution in [1.29, 1.82) is 0 Å². The molecule has 0 saturated carbocycles. The maximum Gasteiger partial charge on any atom is 0.414 e. The molecule has 1 heterocycles. The Hall–Kier alpha value is -3.32. The highest BCUT2D eigenvalue weighted by atomic mass is 16.6. The van der Waals surface area contributed by atoms with Crippen LogP contribution in [0.1, 0.15) is 44.1 Å². The third kappa shape index (κ3) is 6.08. The van der Waals surface area contributed by atoms with Crippen molar-refractivity contribution in [3.05, 3.63) is 66.4 Å². The molecule has 2 amide bonds. The van der Waals surface area contributed by atoms with Gasteiger partial charge in [-0.15, -0.1) is 0 Å². The molecule has 0 saturated heterocycles. The van der Waals surface area contributed by atoms with Gasteiger partial charge in [0, 0.05) is 30.4 Å². The van der Waals surface area contributed by atoms with Crippen molar-refractivity contribution in [2.45, 2.75) is 38.5 Å². The van der Waals surface area contributed by atoms with E-state index in [2.05, 4.69) is 23.2 Å². The van der Waals surface area contributed by atoms with E-state index in [4.69, 9.17) is 9.94 Å². The van der Waals surface area contributed by atoms with Crippen LogP contribution >= 0.6 is 0 Å². The molecule has 3 N–H and O–H groups in total. The molecule has 0 radical (unpaired) electrons. The fraction of sp³-hybridized carbons (Fsp3) is 0.333. The molecule has 0 aliphatic carbocycles. The average molecular weight is 424 g/mol. The lowest BCUT2D eigenvalue weighted by Gasteiger charge is -2.24. The summed E-state index contributed by atoms with van der Waals surface area (Å²) in [7, 11) is 0. The average Bonchev–Trinajstić information content (AvgIpc) is 3.27. The number of benzene rings is 2. The van der Waals surface area contributed by atoms with Crippen LogP contribution in [0, 0.1) is 0 Å². The molecular formula is C24H29N3O4. The summed E-state index contributed by atoms with van der Waals surface area (Å²) in [6.07, 6.45) is 3.89. The highest BCUT2D eigenvalue weighted by Gasteiger charge is 2.19. The van der Waals surface area contributed by atoms with Crippen molar-refractivity contribution in [3.63, 3.8) is 0 Å². The molecule has 0 bridgehead atoms. The molecule has 0 spiro atoms. The number of hydrogen-bond acceptors (Lipinski definition) is 4. The van der Waals surface area contributed by atoms with Crippen molar-refractivity contribution in [3.8, 4) is 0 Å². The Morgan fingerprint density at radius 3 is 2.68 bits per heavy atom. The molecule has 7 nitrogen and oxygen atoms in total. The number of aromatic nitrogens is 1. The zero-order valence-electron chi connectivity index (χ0n) is 17.7. The van der Waals surface area contributed by atoms with Crippen molar-refractivity contribution >= 4 is 28.6 Å². The van der Waals surface area contributed by atoms with Crippen LogP contribution < -0.4 is 10.4 Å². The second kappa shape index (κ2) is 11.2. The van der Waals surface area contributed by atoms with Crippen LogP contribution in [0.4, 0.5) is 10.5 Å². The van der Waals surface area contributed by atoms with Gasteiger partial charge in [0.1, 0.15) is 0 Å². The molecule has 0 aliphatic rings. The Labute approximate surface area is 182 Å². The molecule has 0 aliphatic heterocycles. The van der Waals surface area contributed by atoms with Gasteiger partial charge in [-0.3, -0.25) is 14.9 Å². The van der Waals surface area contributed by atoms with Gasteiger partial charge in [0.25, 0.3) is 0 Å². The van der Waals surface area contributed by atoms with Crippen LogP contribution in [0.5, 0.6) is 0 Å². The van der Waals surface area contributed by atoms with E-state index in [0.29, 0.717) is 19.6 Å². The van der Waals surface area contributed by atoms with E-state index < -0.39 is 5.91 Å². The van der Waals surface area contributed by atoms with Crippen molar-refractivity contribution in [2.75, 3.05) is 18.1 Å². The number of carbonyl (C=O) groups is 2. The summed E-state index contributed by atoms with van der Waals surface area (Å²) in [6.45, 7) is 2.62. The lowest BCUT2D eigenvalue weighted by atomic mass is 9.89. The van der Waals surface area contributed by atoms with Gasteiger partial charge < -0.3 is 9.72 Å². The third-order valence-corrected chi connectivity index (χ3v) is 5.39. The zero-order valence-corrected chi connectivity index (χ0v) is 17.7. The summed E-state index contributed by atoms with van der Waals surface area (Å²) < 4.78 is 5.24. The number of rotatable bonds is 10. The molecule has 3 rings (SSSR count). The topological polar surface area (TPSA) is 94.7 Å². The highest BCUT2D eigenvalue weighted by molar-refractivity contribution is 5.87. The van der Waals surface area contributed by atoms with Crippen LogP contribution in [-0.4, -0.2) is 35.3 Å². The van der Waals surface area contributed by atoms with E-state index in [-0.39, 0.29) is 18.4 Å². The maximum atomic E-state index is 12.5. The molecule has 3 aromatic rings. The minimum Gasteiger partial charge on any atom is -0.449 e. The first-order valence-corrected chi connectivity index (χ1v) is 10.6. The molecule has 2 aromatic carbocycles. The molecule has 1 atom stereocenters. The minimum absolute atomic E-state index is 0.116. The van der Waals surface area contributed by atoms with E-state index in [1.165, 1.54) is 0 Å². The first kappa shape index (κ1) is 22.4. The number of hydrogen-bond donors (Lipinski definition) is 3. The van der Waals surface area contributed by atoms with Crippen molar-refractivity contribution in [2.24, 2.45) is 0 Å². The van der Waals surface area contributed by atoms with E-state index >= 15 is 0 Å². The first-order chi connectivity index (χ1) is 15.1. The predicted octanol–water partition coefficient (Wildman–Crippen LogP) is 4.98. The Balaban J connectivity index is 1.71. The number of para-hydroxylation sites is 1. The second-order valence-corrected chi connectivity index (χ2v) is 7.42. The Morgan fingerprint density at radius 2 is 1.94 bits per heavy atom. The zero-order chi connectivity index (χ0) is 22.1. The summed E-state index contributed by atoms with van der Waals surface area (Å²) in [6, 6.07) is 17.7. The number of fused-ring (bicyclic) bond motifs is 1. The summed E-state index contributed by atoms with van der Waals surface area (Å²) in [5, 5.41) is 9.99. The number of nitrogens with one attached hydrogen (secondary N) is 2. The van der Waals surface area contributed by atoms with Crippen LogP contribution in [0.15, 0.2) is 60.8 Å². The Morgan fingerprint density at radius 1 is 1.13 bits per heavy atom. The largest absolute Gasteiger partial charge is 0.449 e. The number of amides is 2. The SMILES string of the molecule is CCOC(=O)N(CCCC(CCC(=O)NO)c1ccc2cc[nH]c2c1)c1ccccc1. The van der Waals surface area contributed by atoms with Gasteiger partial charge in [-0.2, -0.15) is 0 Å². The fourth-order valence-corrected chi connectivity index (χ4v) is 3.79. The number of aromatic amines is 1. The summed E-state index contributed by atoms with van der Waals surface area (Å²) in [4.78, 5) is 29.0. The lowest BCUT2D eigenvalue weighted by molar-refractivity contribution is -0.129. The number of carbonyl (C=O) groups excluding carboxylic acids is 2. The van der Waals surface area contributed by atoms with E-state index in [1.807, 2.05) is 42.6 Å². The minimum atomic E-state index is -0.400. The summed E-state index contributed by atoms with van der Waals surface area (Å²) in [5.41, 5.74) is 4.68. The van der Waals surface area contributed by atoms with Crippen LogP contribution in [0.25, 0.3) is 10.9 Å². The van der Waals surface area contributed by atoms with E-state index in [0.717, 1.165) is 35.0 Å². The monoisotopic (exact) mass is 423 g/mol. The number of nitrogens with zero attached hydrogens (tertiary/aromatic N) is 1. The molecular weight excluding hydrogens is 394 g/mol. The lowest BCUT2D eigenvalue weighted by Crippen LogP contribution is -2.32. The summed E-state index contributed by atoms with van der Waals surface area (Å²) >= 11 is 0. The van der Waals surface area contributed by atoms with Crippen LogP contribution in [0.2, 0.25) is 0 Å². The van der Waals surface area contributed by atoms with Crippen LogP contribution in [0.3, 0.4) is 0 Å². The van der Waals surface area contributed by atoms with Gasteiger partial charge in [-0.1, -0.05) is 30.3 Å². The standard InChI is InChI=1S/C24H29N3O4/c1-2-31-24(29)27(21-8-4-3-5-9-21)16-6-7-18(12-13-23(28)26-30)20-11-10-19-14-15-25-22(19)17-20/h3-5,8-11,14-15,17-18,25,30H,2,6-7,12-13,16H2,1H3,(H,26,28). The van der Waals surface area contributed by atoms with Gasteiger partial charge in [-0.25, -0.2) is 10.3 Å². The number of ether oxygens (including phenoxy) is 1. The number of H-pyrrole nitrogens is 1. The maximum absolute atomic E-state index is 12.5. The number of anilines is 1. The predicted molar refractivity (Wildman–Crippen MR) is 120 cm³/mol. The molecule has 31 heavy (non-hydrogen) atoms. The van der Waals surface area contributed by atoms with Gasteiger partial charge >= 0.3 is 6.09 Å². The Kier molecular flexibility index (Phi) is 8.06. The van der Waals surface area contributed by atoms with Crippen molar-refractivity contribution in [1.82, 2.24) is 10.5 Å². The summed E-state index contributed by atoms with van der Waals surface area (Å²) in [5.74, 6) is -0.284. The fourth-order valence-electron chi connectivity index (χ4n) is 3.79. The van der Waals surface area contributed by atoms with E-state index in [1.54, 1.807) is 17.3 Å². The Bertz CT molecular complexity index is 987. The number of hydroxylamine groups is 1. The first-order valence-electron chi connectivity index (χ1n) is 10.6. The molecule has 1 aromatic heterocycles. The van der Waals surface area contributed by atoms with Gasteiger partial charge in [-0.05, 0) is 67.3 Å².